The standard InChI is InChI=1S/C23H26F3N5OS/c1-15-19(32-14-27-15)20-28-29-21(30(20)2)33-11-5-9-31-10-8-22(13-31)12-18(22)16-6-3-4-7-17(16)23(24,25)26/h3-4,6-7,14,18H,5,8-13H2,1-2H3/t18?,22-/m0/s1. The van der Waals surface area contributed by atoms with Crippen LogP contribution >= 0.6 is 11.8 Å². The van der Waals surface area contributed by atoms with Gasteiger partial charge in [-0.25, -0.2) is 4.98 Å². The molecule has 1 saturated carbocycles. The second kappa shape index (κ2) is 8.47. The lowest BCUT2D eigenvalue weighted by Gasteiger charge is -2.17. The molecular formula is C23H26F3N5OS. The van der Waals surface area contributed by atoms with Crippen molar-refractivity contribution in [3.63, 3.8) is 0 Å². The molecule has 0 radical (unpaired) electrons. The maximum atomic E-state index is 13.4. The lowest BCUT2D eigenvalue weighted by molar-refractivity contribution is -0.138. The summed E-state index contributed by atoms with van der Waals surface area (Å²) in [5, 5.41) is 9.33. The summed E-state index contributed by atoms with van der Waals surface area (Å²) >= 11 is 1.65. The molecule has 1 spiro atoms. The molecule has 1 aliphatic heterocycles. The third-order valence-corrected chi connectivity index (χ3v) is 8.04. The van der Waals surface area contributed by atoms with Gasteiger partial charge in [-0.15, -0.1) is 10.2 Å². The Kier molecular flexibility index (Phi) is 5.76. The van der Waals surface area contributed by atoms with Crippen molar-refractivity contribution in [1.29, 1.82) is 0 Å². The topological polar surface area (TPSA) is 60.0 Å². The van der Waals surface area contributed by atoms with E-state index < -0.39 is 11.7 Å². The zero-order valence-electron chi connectivity index (χ0n) is 18.6. The number of hydrogen-bond acceptors (Lipinski definition) is 6. The Morgan fingerprint density at radius 3 is 2.82 bits per heavy atom. The number of alkyl halides is 3. The predicted octanol–water partition coefficient (Wildman–Crippen LogP) is 5.16. The van der Waals surface area contributed by atoms with Crippen LogP contribution in [0.3, 0.4) is 0 Å². The molecule has 2 aromatic heterocycles. The first-order valence-corrected chi connectivity index (χ1v) is 12.1. The van der Waals surface area contributed by atoms with Crippen LogP contribution in [0.15, 0.2) is 40.2 Å². The summed E-state index contributed by atoms with van der Waals surface area (Å²) in [4.78, 5) is 6.50. The van der Waals surface area contributed by atoms with Crippen LogP contribution in [-0.4, -0.2) is 50.0 Å². The van der Waals surface area contributed by atoms with Gasteiger partial charge in [0.2, 0.25) is 5.82 Å². The third-order valence-electron chi connectivity index (χ3n) is 6.93. The van der Waals surface area contributed by atoms with Crippen LogP contribution in [0.5, 0.6) is 0 Å². The van der Waals surface area contributed by atoms with Gasteiger partial charge < -0.3 is 13.9 Å². The van der Waals surface area contributed by atoms with Gasteiger partial charge >= 0.3 is 6.18 Å². The Labute approximate surface area is 194 Å². The molecule has 3 heterocycles. The van der Waals surface area contributed by atoms with E-state index in [9.17, 15) is 13.2 Å². The van der Waals surface area contributed by atoms with Crippen LogP contribution in [0.4, 0.5) is 13.2 Å². The smallest absolute Gasteiger partial charge is 0.416 e. The number of aromatic nitrogens is 4. The van der Waals surface area contributed by atoms with Crippen molar-refractivity contribution in [1.82, 2.24) is 24.6 Å². The number of oxazole rings is 1. The summed E-state index contributed by atoms with van der Waals surface area (Å²) in [6.45, 7) is 4.64. The average molecular weight is 478 g/mol. The maximum absolute atomic E-state index is 13.4. The number of thioether (sulfide) groups is 1. The number of hydrogen-bond donors (Lipinski definition) is 0. The lowest BCUT2D eigenvalue weighted by atomic mass is 9.95. The molecule has 6 nitrogen and oxygen atoms in total. The van der Waals surface area contributed by atoms with E-state index in [-0.39, 0.29) is 11.3 Å². The molecule has 1 saturated heterocycles. The highest BCUT2D eigenvalue weighted by Crippen LogP contribution is 2.65. The maximum Gasteiger partial charge on any atom is 0.416 e. The molecule has 0 N–H and O–H groups in total. The van der Waals surface area contributed by atoms with Gasteiger partial charge in [0.25, 0.3) is 0 Å². The first-order valence-electron chi connectivity index (χ1n) is 11.1. The molecule has 5 rings (SSSR count). The number of halogens is 3. The zero-order valence-corrected chi connectivity index (χ0v) is 19.4. The van der Waals surface area contributed by atoms with E-state index in [1.807, 2.05) is 18.5 Å². The van der Waals surface area contributed by atoms with Gasteiger partial charge in [0.1, 0.15) is 0 Å². The summed E-state index contributed by atoms with van der Waals surface area (Å²) in [5.74, 6) is 2.20. The number of benzene rings is 1. The van der Waals surface area contributed by atoms with Crippen LogP contribution in [0.1, 0.15) is 42.0 Å². The Hall–Kier alpha value is -2.33. The van der Waals surface area contributed by atoms with Crippen molar-refractivity contribution in [2.45, 2.75) is 43.4 Å². The average Bonchev–Trinajstić information content (AvgIpc) is 3.05. The summed E-state index contributed by atoms with van der Waals surface area (Å²) in [6, 6.07) is 6.08. The van der Waals surface area contributed by atoms with Gasteiger partial charge in [-0.05, 0) is 62.2 Å². The normalized spacial score (nSPS) is 23.0. The largest absolute Gasteiger partial charge is 0.440 e. The number of nitrogens with zero attached hydrogens (tertiary/aromatic N) is 5. The summed E-state index contributed by atoms with van der Waals surface area (Å²) < 4.78 is 47.6. The highest BCUT2D eigenvalue weighted by atomic mass is 32.2. The molecule has 2 atom stereocenters. The molecule has 1 aromatic carbocycles. The van der Waals surface area contributed by atoms with Crippen molar-refractivity contribution in [2.75, 3.05) is 25.4 Å². The van der Waals surface area contributed by atoms with Crippen molar-refractivity contribution in [3.8, 4) is 11.6 Å². The molecule has 2 fully saturated rings. The van der Waals surface area contributed by atoms with Crippen LogP contribution in [0.2, 0.25) is 0 Å². The molecule has 176 valence electrons. The van der Waals surface area contributed by atoms with Crippen LogP contribution < -0.4 is 0 Å². The van der Waals surface area contributed by atoms with E-state index in [0.29, 0.717) is 17.1 Å². The Morgan fingerprint density at radius 2 is 2.06 bits per heavy atom. The highest BCUT2D eigenvalue weighted by molar-refractivity contribution is 7.99. The molecule has 33 heavy (non-hydrogen) atoms. The number of rotatable bonds is 7. The molecular weight excluding hydrogens is 451 g/mol. The van der Waals surface area contributed by atoms with E-state index in [2.05, 4.69) is 20.1 Å². The van der Waals surface area contributed by atoms with Crippen LogP contribution in [-0.2, 0) is 13.2 Å². The van der Waals surface area contributed by atoms with Gasteiger partial charge in [-0.1, -0.05) is 30.0 Å². The Morgan fingerprint density at radius 1 is 1.24 bits per heavy atom. The van der Waals surface area contributed by atoms with Gasteiger partial charge in [0, 0.05) is 19.3 Å². The van der Waals surface area contributed by atoms with E-state index in [0.717, 1.165) is 55.5 Å². The molecule has 0 bridgehead atoms. The minimum absolute atomic E-state index is 0.0158. The first kappa shape index (κ1) is 22.5. The molecule has 0 amide bonds. The highest BCUT2D eigenvalue weighted by Gasteiger charge is 2.59. The summed E-state index contributed by atoms with van der Waals surface area (Å²) in [6.07, 6.45) is -0.0781. The van der Waals surface area contributed by atoms with E-state index in [1.54, 1.807) is 23.9 Å². The van der Waals surface area contributed by atoms with E-state index >= 15 is 0 Å². The van der Waals surface area contributed by atoms with E-state index in [4.69, 9.17) is 4.42 Å². The fourth-order valence-corrected chi connectivity index (χ4v) is 5.91. The lowest BCUT2D eigenvalue weighted by Crippen LogP contribution is -2.23. The minimum atomic E-state index is -4.29. The number of aryl methyl sites for hydroxylation is 1. The third kappa shape index (κ3) is 4.30. The zero-order chi connectivity index (χ0) is 23.2. The monoisotopic (exact) mass is 477 g/mol. The fourth-order valence-electron chi connectivity index (χ4n) is 5.08. The summed E-state index contributed by atoms with van der Waals surface area (Å²) in [7, 11) is 1.91. The SMILES string of the molecule is Cc1ncoc1-c1nnc(SCCCN2CC[C@]3(CC3c3ccccc3C(F)(F)F)C2)n1C. The Balaban J connectivity index is 1.12. The predicted molar refractivity (Wildman–Crippen MR) is 119 cm³/mol. The van der Waals surface area contributed by atoms with Crippen molar-refractivity contribution < 1.29 is 17.6 Å². The van der Waals surface area contributed by atoms with Crippen LogP contribution in [0, 0.1) is 12.3 Å². The van der Waals surface area contributed by atoms with E-state index in [1.165, 1.54) is 18.5 Å². The molecule has 1 aliphatic carbocycles. The van der Waals surface area contributed by atoms with Gasteiger partial charge in [-0.3, -0.25) is 0 Å². The van der Waals surface area contributed by atoms with Gasteiger partial charge in [0.05, 0.1) is 11.3 Å². The van der Waals surface area contributed by atoms with Gasteiger partial charge in [0.15, 0.2) is 17.3 Å². The van der Waals surface area contributed by atoms with Gasteiger partial charge in [-0.2, -0.15) is 13.2 Å². The second-order valence-electron chi connectivity index (χ2n) is 9.06. The van der Waals surface area contributed by atoms with Crippen molar-refractivity contribution in [3.05, 3.63) is 47.5 Å². The molecule has 1 unspecified atom stereocenters. The number of likely N-dealkylation sites (tertiary alicyclic amines) is 1. The Bertz CT molecular complexity index is 1140. The first-order chi connectivity index (χ1) is 15.8. The molecule has 3 aromatic rings. The second-order valence-corrected chi connectivity index (χ2v) is 10.1. The van der Waals surface area contributed by atoms with Crippen molar-refractivity contribution >= 4 is 11.8 Å². The van der Waals surface area contributed by atoms with Crippen LogP contribution in [0.25, 0.3) is 11.6 Å². The quantitative estimate of drug-likeness (QED) is 0.346. The van der Waals surface area contributed by atoms with Crippen molar-refractivity contribution in [2.24, 2.45) is 12.5 Å². The fraction of sp³-hybridized carbons (Fsp3) is 0.522. The molecule has 10 heteroatoms. The molecule has 2 aliphatic rings. The summed E-state index contributed by atoms with van der Waals surface area (Å²) in [5.41, 5.74) is 0.802. The minimum Gasteiger partial charge on any atom is -0.440 e.